The van der Waals surface area contributed by atoms with Crippen LogP contribution in [0.15, 0.2) is 65.4 Å². The second kappa shape index (κ2) is 17.0. The fourth-order valence-corrected chi connectivity index (χ4v) is 7.90. The van der Waals surface area contributed by atoms with E-state index in [0.29, 0.717) is 56.0 Å². The van der Waals surface area contributed by atoms with Crippen LogP contribution in [0.2, 0.25) is 0 Å². The number of ether oxygens (including phenoxy) is 1. The van der Waals surface area contributed by atoms with E-state index in [-0.39, 0.29) is 59.9 Å². The molecule has 1 aliphatic heterocycles. The first-order chi connectivity index (χ1) is 24.7. The van der Waals surface area contributed by atoms with E-state index < -0.39 is 29.5 Å². The minimum absolute atomic E-state index is 0.0416. The van der Waals surface area contributed by atoms with E-state index in [4.69, 9.17) is 4.74 Å². The average molecular weight is 798 g/mol. The van der Waals surface area contributed by atoms with Gasteiger partial charge < -0.3 is 14.5 Å². The fourth-order valence-electron chi connectivity index (χ4n) is 7.70. The predicted molar refractivity (Wildman–Crippen MR) is 187 cm³/mol. The fraction of sp³-hybridized carbons (Fsp3) is 0.526. The van der Waals surface area contributed by atoms with Gasteiger partial charge in [0.05, 0.1) is 22.2 Å². The summed E-state index contributed by atoms with van der Waals surface area (Å²) in [5.74, 6) is -0.0947. The first-order valence-corrected chi connectivity index (χ1v) is 18.5. The van der Waals surface area contributed by atoms with Crippen molar-refractivity contribution in [3.8, 4) is 0 Å². The molecule has 0 radical (unpaired) electrons. The Balaban J connectivity index is 1.48. The van der Waals surface area contributed by atoms with Gasteiger partial charge in [0.1, 0.15) is 0 Å². The van der Waals surface area contributed by atoms with Crippen LogP contribution in [0.4, 0.5) is 32.3 Å². The molecular weight excluding hydrogens is 754 g/mol. The molecule has 1 amide bonds. The number of halogens is 7. The third kappa shape index (κ3) is 10.0. The van der Waals surface area contributed by atoms with Gasteiger partial charge in [-0.05, 0) is 109 Å². The Morgan fingerprint density at radius 2 is 1.46 bits per heavy atom. The summed E-state index contributed by atoms with van der Waals surface area (Å²) in [6.45, 7) is 3.76. The Kier molecular flexibility index (Phi) is 12.9. The van der Waals surface area contributed by atoms with Crippen LogP contribution >= 0.6 is 15.9 Å². The van der Waals surface area contributed by atoms with E-state index >= 15 is 0 Å². The van der Waals surface area contributed by atoms with E-state index in [9.17, 15) is 35.9 Å². The van der Waals surface area contributed by atoms with Crippen molar-refractivity contribution < 1.29 is 40.7 Å². The number of esters is 1. The lowest BCUT2D eigenvalue weighted by atomic mass is 9.78. The molecule has 1 aliphatic carbocycles. The van der Waals surface area contributed by atoms with Gasteiger partial charge in [-0.3, -0.25) is 9.59 Å². The van der Waals surface area contributed by atoms with Crippen molar-refractivity contribution in [2.45, 2.75) is 109 Å². The second-order valence-electron chi connectivity index (χ2n) is 13.7. The van der Waals surface area contributed by atoms with E-state index in [0.717, 1.165) is 30.5 Å². The molecule has 1 saturated carbocycles. The third-order valence-electron chi connectivity index (χ3n) is 10.2. The van der Waals surface area contributed by atoms with E-state index in [1.165, 1.54) is 12.4 Å². The number of amides is 1. The maximum absolute atomic E-state index is 14.5. The van der Waals surface area contributed by atoms with Crippen molar-refractivity contribution in [1.29, 1.82) is 0 Å². The molecule has 2 fully saturated rings. The zero-order valence-electron chi connectivity index (χ0n) is 29.1. The molecule has 2 heterocycles. The molecule has 52 heavy (non-hydrogen) atoms. The first kappa shape index (κ1) is 39.5. The Morgan fingerprint density at radius 3 is 2.02 bits per heavy atom. The predicted octanol–water partition coefficient (Wildman–Crippen LogP) is 9.42. The summed E-state index contributed by atoms with van der Waals surface area (Å²) in [7, 11) is 0. The number of benzene rings is 2. The van der Waals surface area contributed by atoms with Crippen molar-refractivity contribution in [1.82, 2.24) is 14.9 Å². The van der Waals surface area contributed by atoms with Crippen LogP contribution in [0.5, 0.6) is 0 Å². The molecule has 282 valence electrons. The number of alkyl halides is 6. The smallest absolute Gasteiger partial charge is 0.416 e. The summed E-state index contributed by atoms with van der Waals surface area (Å²) in [4.78, 5) is 39.1. The zero-order chi connectivity index (χ0) is 37.6. The number of anilines is 1. The van der Waals surface area contributed by atoms with E-state index in [1.54, 1.807) is 11.8 Å². The molecule has 3 atom stereocenters. The normalized spacial score (nSPS) is 22.6. The van der Waals surface area contributed by atoms with E-state index in [2.05, 4.69) is 25.9 Å². The zero-order valence-corrected chi connectivity index (χ0v) is 30.7. The van der Waals surface area contributed by atoms with Crippen LogP contribution in [-0.2, 0) is 39.6 Å². The highest BCUT2D eigenvalue weighted by atomic mass is 79.9. The van der Waals surface area contributed by atoms with Crippen LogP contribution in [0.25, 0.3) is 0 Å². The Morgan fingerprint density at radius 1 is 0.865 bits per heavy atom. The van der Waals surface area contributed by atoms with Crippen molar-refractivity contribution in [2.24, 2.45) is 11.8 Å². The van der Waals surface area contributed by atoms with Gasteiger partial charge >= 0.3 is 18.3 Å². The number of carbonyl (C=O) groups excluding carboxylic acids is 2. The highest BCUT2D eigenvalue weighted by molar-refractivity contribution is 9.10. The van der Waals surface area contributed by atoms with Gasteiger partial charge in [-0.25, -0.2) is 9.97 Å². The molecule has 5 rings (SSSR count). The molecule has 1 aromatic heterocycles. The number of rotatable bonds is 11. The van der Waals surface area contributed by atoms with Crippen LogP contribution < -0.4 is 4.90 Å². The largest absolute Gasteiger partial charge is 0.466 e. The van der Waals surface area contributed by atoms with Gasteiger partial charge in [0.15, 0.2) is 0 Å². The maximum atomic E-state index is 14.5. The lowest BCUT2D eigenvalue weighted by molar-refractivity contribution is -0.146. The third-order valence-corrected chi connectivity index (χ3v) is 10.6. The molecule has 0 spiro atoms. The molecule has 7 nitrogen and oxygen atoms in total. The van der Waals surface area contributed by atoms with Gasteiger partial charge in [0.2, 0.25) is 11.9 Å². The second-order valence-corrected chi connectivity index (χ2v) is 14.7. The SMILES string of the molecule is CCOC(=O)CC1CCC(C(=O)N2[C@H](CC)C[C@H](N(Cc3cc(C(F)(F)F)cc(C(F)(F)F)c3)c3ncc(Br)cn3)C[C@@H]2Cc2ccccc2)CC1. The molecule has 14 heteroatoms. The van der Waals surface area contributed by atoms with E-state index in [1.807, 2.05) is 42.2 Å². The van der Waals surface area contributed by atoms with Crippen LogP contribution in [0, 0.1) is 11.8 Å². The quantitative estimate of drug-likeness (QED) is 0.142. The van der Waals surface area contributed by atoms with Gasteiger partial charge in [-0.1, -0.05) is 37.3 Å². The molecule has 3 aromatic rings. The Hall–Kier alpha value is -3.68. The summed E-state index contributed by atoms with van der Waals surface area (Å²) in [6, 6.07) is 10.3. The van der Waals surface area contributed by atoms with Crippen LogP contribution in [0.1, 0.15) is 87.5 Å². The highest BCUT2D eigenvalue weighted by Crippen LogP contribution is 2.40. The van der Waals surface area contributed by atoms with Gasteiger partial charge in [0, 0.05) is 49.4 Å². The van der Waals surface area contributed by atoms with Crippen molar-refractivity contribution in [3.63, 3.8) is 0 Å². The number of hydrogen-bond acceptors (Lipinski definition) is 6. The number of nitrogens with zero attached hydrogens (tertiary/aromatic N) is 4. The highest BCUT2D eigenvalue weighted by Gasteiger charge is 2.43. The number of carbonyl (C=O) groups is 2. The standard InChI is InChI=1S/C38H43BrF6N4O3/c1-3-31-19-32(48(36-46-21-30(39)22-47-36)23-26-14-28(37(40,41)42)18-29(15-26)38(43,44)45)20-33(16-24-8-6-5-7-9-24)49(31)35(51)27-12-10-25(11-13-27)17-34(50)52-4-2/h5-9,14-15,18,21-22,25,27,31-33H,3-4,10-13,16-17,19-20,23H2,1-2H3/t25?,27?,31-,32+,33+/m1/s1. The molecule has 1 saturated heterocycles. The number of likely N-dealkylation sites (tertiary alicyclic amines) is 1. The monoisotopic (exact) mass is 796 g/mol. The minimum atomic E-state index is -4.99. The summed E-state index contributed by atoms with van der Waals surface area (Å²) in [5, 5.41) is 0. The Bertz CT molecular complexity index is 1620. The maximum Gasteiger partial charge on any atom is 0.416 e. The molecule has 0 N–H and O–H groups in total. The number of aromatic nitrogens is 2. The molecular formula is C38H43BrF6N4O3. The van der Waals surface area contributed by atoms with Gasteiger partial charge in [-0.15, -0.1) is 0 Å². The molecule has 0 unspecified atom stereocenters. The van der Waals surface area contributed by atoms with Crippen molar-refractivity contribution in [3.05, 3.63) is 87.7 Å². The number of piperidine rings is 1. The summed E-state index contributed by atoms with van der Waals surface area (Å²) >= 11 is 3.31. The minimum Gasteiger partial charge on any atom is -0.466 e. The van der Waals surface area contributed by atoms with Gasteiger partial charge in [0.25, 0.3) is 0 Å². The Labute approximate surface area is 308 Å². The van der Waals surface area contributed by atoms with Crippen molar-refractivity contribution >= 4 is 33.8 Å². The van der Waals surface area contributed by atoms with Gasteiger partial charge in [-0.2, -0.15) is 26.3 Å². The molecule has 2 aliphatic rings. The summed E-state index contributed by atoms with van der Waals surface area (Å²) < 4.78 is 88.9. The number of hydrogen-bond donors (Lipinski definition) is 0. The lowest BCUT2D eigenvalue weighted by Gasteiger charge is -2.49. The summed E-state index contributed by atoms with van der Waals surface area (Å²) in [5.41, 5.74) is -1.96. The lowest BCUT2D eigenvalue weighted by Crippen LogP contribution is -2.59. The molecule has 2 aromatic carbocycles. The molecule has 0 bridgehead atoms. The average Bonchev–Trinajstić information content (AvgIpc) is 3.10. The van der Waals surface area contributed by atoms with Crippen LogP contribution in [-0.4, -0.2) is 51.5 Å². The first-order valence-electron chi connectivity index (χ1n) is 17.7. The van der Waals surface area contributed by atoms with Crippen LogP contribution in [0.3, 0.4) is 0 Å². The topological polar surface area (TPSA) is 75.6 Å². The summed E-state index contributed by atoms with van der Waals surface area (Å²) in [6.07, 6.45) is -2.03. The van der Waals surface area contributed by atoms with Crippen molar-refractivity contribution in [2.75, 3.05) is 11.5 Å².